The van der Waals surface area contributed by atoms with E-state index in [1.165, 1.54) is 28.8 Å². The van der Waals surface area contributed by atoms with Crippen LogP contribution in [0.2, 0.25) is 0 Å². The molecular weight excluding hydrogens is 387 g/mol. The molecular formula is C19H11FN2OS3. The van der Waals surface area contributed by atoms with E-state index in [-0.39, 0.29) is 11.7 Å². The zero-order chi connectivity index (χ0) is 18.1. The number of anilines is 1. The van der Waals surface area contributed by atoms with Crippen LogP contribution < -0.4 is 4.90 Å². The van der Waals surface area contributed by atoms with E-state index in [4.69, 9.17) is 12.2 Å². The number of carbonyl (C=O) groups excluding carboxylic acids is 1. The summed E-state index contributed by atoms with van der Waals surface area (Å²) < 4.78 is 13.6. The summed E-state index contributed by atoms with van der Waals surface area (Å²) in [6, 6.07) is 13.8. The lowest BCUT2D eigenvalue weighted by Crippen LogP contribution is -2.27. The number of thioether (sulfide) groups is 1. The van der Waals surface area contributed by atoms with Crippen molar-refractivity contribution in [3.8, 4) is 10.4 Å². The van der Waals surface area contributed by atoms with Gasteiger partial charge in [0.2, 0.25) is 0 Å². The van der Waals surface area contributed by atoms with Crippen LogP contribution in [0.5, 0.6) is 0 Å². The minimum absolute atomic E-state index is 0.148. The number of benzene rings is 1. The number of pyridine rings is 1. The van der Waals surface area contributed by atoms with Crippen LogP contribution >= 0.6 is 35.3 Å². The second kappa shape index (κ2) is 7.11. The topological polar surface area (TPSA) is 33.2 Å². The molecule has 0 aliphatic carbocycles. The lowest BCUT2D eigenvalue weighted by molar-refractivity contribution is -0.113. The molecule has 1 amide bonds. The number of carbonyl (C=O) groups is 1. The third kappa shape index (κ3) is 3.33. The highest BCUT2D eigenvalue weighted by molar-refractivity contribution is 8.27. The number of rotatable bonds is 3. The van der Waals surface area contributed by atoms with Crippen molar-refractivity contribution in [1.29, 1.82) is 0 Å². The first kappa shape index (κ1) is 17.1. The minimum atomic E-state index is -0.260. The van der Waals surface area contributed by atoms with Crippen molar-refractivity contribution in [2.45, 2.75) is 0 Å². The average molecular weight is 399 g/mol. The van der Waals surface area contributed by atoms with Crippen LogP contribution in [0, 0.1) is 5.82 Å². The SMILES string of the molecule is O=C1/C(=C/c2ccc(-c3ccc(F)cc3)s2)SC(=S)N1c1cccnc1. The second-order valence-electron chi connectivity index (χ2n) is 5.44. The Morgan fingerprint density at radius 1 is 1.12 bits per heavy atom. The molecule has 1 aromatic carbocycles. The predicted octanol–water partition coefficient (Wildman–Crippen LogP) is 5.36. The monoisotopic (exact) mass is 398 g/mol. The maximum absolute atomic E-state index is 13.1. The van der Waals surface area contributed by atoms with Gasteiger partial charge in [-0.3, -0.25) is 14.7 Å². The molecule has 3 aromatic rings. The van der Waals surface area contributed by atoms with Gasteiger partial charge in [0, 0.05) is 16.0 Å². The molecule has 0 N–H and O–H groups in total. The Balaban J connectivity index is 1.60. The van der Waals surface area contributed by atoms with Crippen LogP contribution in [0.1, 0.15) is 4.88 Å². The van der Waals surface area contributed by atoms with Crippen molar-refractivity contribution < 1.29 is 9.18 Å². The largest absolute Gasteiger partial charge is 0.270 e. The van der Waals surface area contributed by atoms with Crippen molar-refractivity contribution in [2.75, 3.05) is 4.90 Å². The van der Waals surface area contributed by atoms with Gasteiger partial charge in [0.15, 0.2) is 4.32 Å². The maximum Gasteiger partial charge on any atom is 0.270 e. The summed E-state index contributed by atoms with van der Waals surface area (Å²) >= 11 is 8.17. The number of hydrogen-bond acceptors (Lipinski definition) is 5. The van der Waals surface area contributed by atoms with Gasteiger partial charge in [-0.2, -0.15) is 0 Å². The van der Waals surface area contributed by atoms with Gasteiger partial charge in [-0.25, -0.2) is 4.39 Å². The minimum Gasteiger partial charge on any atom is -0.268 e. The van der Waals surface area contributed by atoms with Gasteiger partial charge in [-0.1, -0.05) is 36.1 Å². The quantitative estimate of drug-likeness (QED) is 0.440. The molecule has 2 aromatic heterocycles. The van der Waals surface area contributed by atoms with Crippen molar-refractivity contribution in [1.82, 2.24) is 4.98 Å². The number of halogens is 1. The van der Waals surface area contributed by atoms with Crippen LogP contribution in [0.3, 0.4) is 0 Å². The molecule has 1 aliphatic rings. The molecule has 3 heterocycles. The smallest absolute Gasteiger partial charge is 0.268 e. The predicted molar refractivity (Wildman–Crippen MR) is 110 cm³/mol. The molecule has 4 rings (SSSR count). The van der Waals surface area contributed by atoms with Gasteiger partial charge in [0.25, 0.3) is 5.91 Å². The molecule has 0 radical (unpaired) electrons. The van der Waals surface area contributed by atoms with Crippen molar-refractivity contribution in [3.63, 3.8) is 0 Å². The van der Waals surface area contributed by atoms with E-state index in [1.54, 1.807) is 48.0 Å². The first-order chi connectivity index (χ1) is 12.6. The molecule has 1 fully saturated rings. The van der Waals surface area contributed by atoms with Crippen molar-refractivity contribution in [2.24, 2.45) is 0 Å². The van der Waals surface area contributed by atoms with E-state index < -0.39 is 0 Å². The summed E-state index contributed by atoms with van der Waals surface area (Å²) in [7, 11) is 0. The van der Waals surface area contributed by atoms with E-state index in [1.807, 2.05) is 18.2 Å². The Morgan fingerprint density at radius 3 is 2.65 bits per heavy atom. The normalized spacial score (nSPS) is 15.9. The van der Waals surface area contributed by atoms with E-state index >= 15 is 0 Å². The molecule has 1 saturated heterocycles. The molecule has 0 spiro atoms. The number of aromatic nitrogens is 1. The molecule has 7 heteroatoms. The van der Waals surface area contributed by atoms with Gasteiger partial charge >= 0.3 is 0 Å². The van der Waals surface area contributed by atoms with Crippen LogP contribution in [-0.2, 0) is 4.79 Å². The van der Waals surface area contributed by atoms with E-state index in [0.717, 1.165) is 15.3 Å². The highest BCUT2D eigenvalue weighted by Crippen LogP contribution is 2.37. The maximum atomic E-state index is 13.1. The zero-order valence-corrected chi connectivity index (χ0v) is 15.7. The second-order valence-corrected chi connectivity index (χ2v) is 8.23. The van der Waals surface area contributed by atoms with Gasteiger partial charge in [0.1, 0.15) is 5.82 Å². The summed E-state index contributed by atoms with van der Waals surface area (Å²) in [6.07, 6.45) is 5.11. The number of hydrogen-bond donors (Lipinski definition) is 0. The zero-order valence-electron chi connectivity index (χ0n) is 13.3. The Hall–Kier alpha value is -2.35. The van der Waals surface area contributed by atoms with Crippen LogP contribution in [0.15, 0.2) is 65.8 Å². The standard InChI is InChI=1S/C19H11FN2OS3/c20-13-5-3-12(4-6-13)16-8-7-15(25-16)10-17-18(23)22(19(24)26-17)14-2-1-9-21-11-14/h1-11H/b17-10-. The number of amides is 1. The Labute approximate surface area is 163 Å². The van der Waals surface area contributed by atoms with E-state index in [9.17, 15) is 9.18 Å². The fraction of sp³-hybridized carbons (Fsp3) is 0. The van der Waals surface area contributed by atoms with E-state index in [0.29, 0.717) is 14.9 Å². The lowest BCUT2D eigenvalue weighted by Gasteiger charge is -2.13. The fourth-order valence-electron chi connectivity index (χ4n) is 2.51. The van der Waals surface area contributed by atoms with E-state index in [2.05, 4.69) is 4.98 Å². The third-order valence-electron chi connectivity index (χ3n) is 3.73. The Kier molecular flexibility index (Phi) is 4.67. The van der Waals surface area contributed by atoms with Crippen molar-refractivity contribution in [3.05, 3.63) is 76.5 Å². The lowest BCUT2D eigenvalue weighted by atomic mass is 10.2. The first-order valence-corrected chi connectivity index (χ1v) is 9.70. The molecule has 26 heavy (non-hydrogen) atoms. The Morgan fingerprint density at radius 2 is 1.92 bits per heavy atom. The molecule has 0 atom stereocenters. The summed E-state index contributed by atoms with van der Waals surface area (Å²) in [6.45, 7) is 0. The van der Waals surface area contributed by atoms with Gasteiger partial charge in [0.05, 0.1) is 16.8 Å². The summed E-state index contributed by atoms with van der Waals surface area (Å²) in [5.74, 6) is -0.408. The third-order valence-corrected chi connectivity index (χ3v) is 6.11. The van der Waals surface area contributed by atoms with Gasteiger partial charge < -0.3 is 0 Å². The number of thiophene rings is 1. The first-order valence-electron chi connectivity index (χ1n) is 7.65. The molecule has 128 valence electrons. The average Bonchev–Trinajstić information content (AvgIpc) is 3.21. The molecule has 3 nitrogen and oxygen atoms in total. The summed E-state index contributed by atoms with van der Waals surface area (Å²) in [5, 5.41) is 0. The molecule has 0 bridgehead atoms. The summed E-state index contributed by atoms with van der Waals surface area (Å²) in [4.78, 5) is 20.8. The van der Waals surface area contributed by atoms with Gasteiger partial charge in [-0.05, 0) is 48.0 Å². The fourth-order valence-corrected chi connectivity index (χ4v) is 4.83. The number of nitrogens with zero attached hydrogens (tertiary/aromatic N) is 2. The van der Waals surface area contributed by atoms with Crippen LogP contribution in [0.25, 0.3) is 16.5 Å². The number of thiocarbonyl (C=S) groups is 1. The van der Waals surface area contributed by atoms with Crippen LogP contribution in [0.4, 0.5) is 10.1 Å². The van der Waals surface area contributed by atoms with Gasteiger partial charge in [-0.15, -0.1) is 11.3 Å². The molecule has 0 unspecified atom stereocenters. The highest BCUT2D eigenvalue weighted by atomic mass is 32.2. The molecule has 0 saturated carbocycles. The summed E-state index contributed by atoms with van der Waals surface area (Å²) in [5.41, 5.74) is 1.61. The molecule has 1 aliphatic heterocycles. The van der Waals surface area contributed by atoms with Crippen molar-refractivity contribution >= 4 is 57.3 Å². The van der Waals surface area contributed by atoms with Crippen LogP contribution in [-0.4, -0.2) is 15.2 Å². The Bertz CT molecular complexity index is 1010. The highest BCUT2D eigenvalue weighted by Gasteiger charge is 2.33.